The number of rotatable bonds is 8. The first-order valence-electron chi connectivity index (χ1n) is 8.32. The summed E-state index contributed by atoms with van der Waals surface area (Å²) in [6.45, 7) is 0.0854. The number of nitriles is 2. The second-order valence-electron chi connectivity index (χ2n) is 5.83. The lowest BCUT2D eigenvalue weighted by molar-refractivity contribution is -0.159. The summed E-state index contributed by atoms with van der Waals surface area (Å²) < 4.78 is 41.7. The van der Waals surface area contributed by atoms with Gasteiger partial charge >= 0.3 is 12.1 Å². The van der Waals surface area contributed by atoms with E-state index >= 15 is 0 Å². The number of benzene rings is 1. The number of ketones is 1. The summed E-state index contributed by atoms with van der Waals surface area (Å²) in [5.41, 5.74) is 0.698. The third-order valence-corrected chi connectivity index (χ3v) is 3.76. The molecule has 0 bridgehead atoms. The molecule has 11 heteroatoms. The van der Waals surface area contributed by atoms with E-state index in [1.165, 1.54) is 24.3 Å². The minimum absolute atomic E-state index is 0.0315. The highest BCUT2D eigenvalue weighted by atomic mass is 19.4. The molecule has 0 aliphatic heterocycles. The maximum atomic E-state index is 12.5. The average molecular weight is 405 g/mol. The number of hydrogen-bond acceptors (Lipinski definition) is 7. The summed E-state index contributed by atoms with van der Waals surface area (Å²) in [7, 11) is 0. The first-order valence-corrected chi connectivity index (χ1v) is 8.32. The van der Waals surface area contributed by atoms with E-state index in [1.807, 2.05) is 12.1 Å². The Kier molecular flexibility index (Phi) is 7.04. The Morgan fingerprint density at radius 3 is 2.14 bits per heavy atom. The van der Waals surface area contributed by atoms with Gasteiger partial charge in [0.15, 0.2) is 0 Å². The van der Waals surface area contributed by atoms with Crippen molar-refractivity contribution in [2.45, 2.75) is 25.4 Å². The third-order valence-electron chi connectivity index (χ3n) is 3.76. The lowest BCUT2D eigenvalue weighted by atomic mass is 10.1. The van der Waals surface area contributed by atoms with Gasteiger partial charge in [-0.05, 0) is 5.56 Å². The Bertz CT molecular complexity index is 937. The molecule has 0 radical (unpaired) electrons. The molecule has 0 fully saturated rings. The van der Waals surface area contributed by atoms with Crippen LogP contribution in [0.2, 0.25) is 0 Å². The molecule has 0 aliphatic rings. The van der Waals surface area contributed by atoms with Gasteiger partial charge in [0.1, 0.15) is 0 Å². The van der Waals surface area contributed by atoms with Gasteiger partial charge in [-0.1, -0.05) is 29.4 Å². The van der Waals surface area contributed by atoms with E-state index in [1.54, 1.807) is 0 Å². The van der Waals surface area contributed by atoms with Crippen LogP contribution in [0.3, 0.4) is 0 Å². The molecule has 0 saturated carbocycles. The zero-order valence-corrected chi connectivity index (χ0v) is 14.9. The van der Waals surface area contributed by atoms with Crippen LogP contribution in [0.5, 0.6) is 0 Å². The van der Waals surface area contributed by atoms with E-state index in [0.29, 0.717) is 5.56 Å². The number of Topliss-reactive ketones (excluding diaryl/α,β-unsaturated/α-hetero) is 1. The normalized spacial score (nSPS) is 10.8. The van der Waals surface area contributed by atoms with Crippen LogP contribution >= 0.6 is 0 Å². The van der Waals surface area contributed by atoms with Crippen molar-refractivity contribution in [2.75, 3.05) is 13.1 Å². The number of alkyl halides is 3. The molecule has 8 nitrogen and oxygen atoms in total. The smallest absolute Gasteiger partial charge is 0.334 e. The van der Waals surface area contributed by atoms with Crippen LogP contribution in [0.4, 0.5) is 13.2 Å². The van der Waals surface area contributed by atoms with Gasteiger partial charge in [-0.3, -0.25) is 9.59 Å². The number of carbonyl (C=O) groups is 2. The van der Waals surface area contributed by atoms with Crippen LogP contribution in [0, 0.1) is 22.7 Å². The van der Waals surface area contributed by atoms with Gasteiger partial charge in [0.2, 0.25) is 11.6 Å². The van der Waals surface area contributed by atoms with Crippen LogP contribution in [-0.4, -0.2) is 39.8 Å². The zero-order chi connectivity index (χ0) is 21.4. The molecule has 0 atom stereocenters. The van der Waals surface area contributed by atoms with Crippen molar-refractivity contribution in [1.29, 1.82) is 10.5 Å². The monoisotopic (exact) mass is 405 g/mol. The van der Waals surface area contributed by atoms with Crippen molar-refractivity contribution in [2.24, 2.45) is 0 Å². The number of halogens is 3. The Hall–Kier alpha value is -3.73. The lowest BCUT2D eigenvalue weighted by Gasteiger charge is -2.19. The molecule has 1 aromatic heterocycles. The summed E-state index contributed by atoms with van der Waals surface area (Å²) in [4.78, 5) is 28.9. The first kappa shape index (κ1) is 21.6. The lowest BCUT2D eigenvalue weighted by Crippen LogP contribution is -2.38. The molecule has 1 aromatic carbocycles. The molecule has 1 amide bonds. The van der Waals surface area contributed by atoms with Crippen LogP contribution in [0.1, 0.15) is 24.3 Å². The van der Waals surface area contributed by atoms with Crippen LogP contribution in [-0.2, 0) is 22.2 Å². The molecule has 1 heterocycles. The van der Waals surface area contributed by atoms with Gasteiger partial charge in [-0.15, -0.1) is 0 Å². The molecule has 2 aromatic rings. The van der Waals surface area contributed by atoms with Crippen LogP contribution < -0.4 is 0 Å². The second kappa shape index (κ2) is 9.46. The fourth-order valence-corrected chi connectivity index (χ4v) is 2.35. The SMILES string of the molecule is N#CCCN(CCC#N)C(=O)C(=O)Cc1ccc(-c2noc(C(F)(F)F)n2)cc1. The molecule has 0 unspecified atom stereocenters. The highest BCUT2D eigenvalue weighted by Crippen LogP contribution is 2.29. The Morgan fingerprint density at radius 1 is 1.07 bits per heavy atom. The highest BCUT2D eigenvalue weighted by molar-refractivity contribution is 6.36. The fourth-order valence-electron chi connectivity index (χ4n) is 2.35. The minimum Gasteiger partial charge on any atom is -0.334 e. The van der Waals surface area contributed by atoms with Crippen molar-refractivity contribution in [3.05, 3.63) is 35.7 Å². The molecule has 0 saturated heterocycles. The van der Waals surface area contributed by atoms with Gasteiger partial charge < -0.3 is 9.42 Å². The van der Waals surface area contributed by atoms with Crippen molar-refractivity contribution in [3.8, 4) is 23.5 Å². The number of aromatic nitrogens is 2. The largest absolute Gasteiger partial charge is 0.471 e. The molecule has 2 rings (SSSR count). The van der Waals surface area contributed by atoms with Crippen LogP contribution in [0.15, 0.2) is 28.8 Å². The summed E-state index contributed by atoms with van der Waals surface area (Å²) in [6.07, 6.45) is -4.93. The van der Waals surface area contributed by atoms with Gasteiger partial charge in [-0.25, -0.2) is 0 Å². The zero-order valence-electron chi connectivity index (χ0n) is 14.9. The summed E-state index contributed by atoms with van der Waals surface area (Å²) in [5, 5.41) is 20.6. The number of hydrogen-bond donors (Lipinski definition) is 0. The van der Waals surface area contributed by atoms with E-state index in [-0.39, 0.29) is 43.7 Å². The maximum Gasteiger partial charge on any atom is 0.471 e. The van der Waals surface area contributed by atoms with Crippen molar-refractivity contribution >= 4 is 11.7 Å². The van der Waals surface area contributed by atoms with E-state index in [2.05, 4.69) is 14.7 Å². The molecule has 0 N–H and O–H groups in total. The summed E-state index contributed by atoms with van der Waals surface area (Å²) in [6, 6.07) is 9.47. The topological polar surface area (TPSA) is 124 Å². The average Bonchev–Trinajstić information content (AvgIpc) is 3.19. The molecular weight excluding hydrogens is 391 g/mol. The van der Waals surface area contributed by atoms with Crippen molar-refractivity contribution in [3.63, 3.8) is 0 Å². The van der Waals surface area contributed by atoms with E-state index in [0.717, 1.165) is 4.90 Å². The van der Waals surface area contributed by atoms with E-state index in [4.69, 9.17) is 10.5 Å². The maximum absolute atomic E-state index is 12.5. The molecule has 0 spiro atoms. The number of nitrogens with zero attached hydrogens (tertiary/aromatic N) is 5. The predicted molar refractivity (Wildman–Crippen MR) is 90.5 cm³/mol. The van der Waals surface area contributed by atoms with Gasteiger partial charge in [0, 0.05) is 25.1 Å². The number of carbonyl (C=O) groups excluding carboxylic acids is 2. The summed E-state index contributed by atoms with van der Waals surface area (Å²) in [5.74, 6) is -3.25. The first-order chi connectivity index (χ1) is 13.8. The van der Waals surface area contributed by atoms with E-state index < -0.39 is 23.8 Å². The highest BCUT2D eigenvalue weighted by Gasteiger charge is 2.38. The fraction of sp³-hybridized carbons (Fsp3) is 0.333. The molecule has 29 heavy (non-hydrogen) atoms. The van der Waals surface area contributed by atoms with Gasteiger partial charge in [0.25, 0.3) is 5.91 Å². The predicted octanol–water partition coefficient (Wildman–Crippen LogP) is 2.52. The Labute approximate surface area is 163 Å². The second-order valence-corrected chi connectivity index (χ2v) is 5.83. The standard InChI is InChI=1S/C18H14F3N5O3/c19-18(20,21)17-24-15(25-29-17)13-5-3-12(4-6-13)11-14(27)16(28)26(9-1-7-22)10-2-8-23/h3-6H,1-2,9-11H2. The Balaban J connectivity index is 2.05. The number of amides is 1. The molecule has 150 valence electrons. The van der Waals surface area contributed by atoms with Gasteiger partial charge in [0.05, 0.1) is 25.0 Å². The van der Waals surface area contributed by atoms with Crippen molar-refractivity contribution < 1.29 is 27.3 Å². The molecular formula is C18H14F3N5O3. The summed E-state index contributed by atoms with van der Waals surface area (Å²) >= 11 is 0. The van der Waals surface area contributed by atoms with E-state index in [9.17, 15) is 22.8 Å². The Morgan fingerprint density at radius 2 is 1.66 bits per heavy atom. The van der Waals surface area contributed by atoms with Gasteiger partial charge in [-0.2, -0.15) is 28.7 Å². The third kappa shape index (κ3) is 5.87. The van der Waals surface area contributed by atoms with Crippen molar-refractivity contribution in [1.82, 2.24) is 15.0 Å². The quantitative estimate of drug-likeness (QED) is 0.618. The van der Waals surface area contributed by atoms with Crippen LogP contribution in [0.25, 0.3) is 11.4 Å². The minimum atomic E-state index is -4.75. The molecule has 0 aliphatic carbocycles.